The molecule has 0 saturated carbocycles. The second kappa shape index (κ2) is 7.24. The molecule has 0 aliphatic heterocycles. The van der Waals surface area contributed by atoms with Crippen LogP contribution in [-0.2, 0) is 16.0 Å². The van der Waals surface area contributed by atoms with Crippen molar-refractivity contribution in [3.05, 3.63) is 12.4 Å². The van der Waals surface area contributed by atoms with Gasteiger partial charge in [-0.1, -0.05) is 0 Å². The molecule has 1 N–H and O–H groups in total. The molecule has 0 aliphatic carbocycles. The van der Waals surface area contributed by atoms with Crippen molar-refractivity contribution >= 4 is 5.95 Å². The number of hydrogen-bond acceptors (Lipinski definition) is 4. The van der Waals surface area contributed by atoms with Crippen LogP contribution in [-0.4, -0.2) is 43.0 Å². The molecule has 1 rings (SSSR count). The van der Waals surface area contributed by atoms with Gasteiger partial charge in [-0.05, 0) is 13.3 Å². The largest absolute Gasteiger partial charge is 0.385 e. The Bertz CT molecular complexity index is 289. The maximum atomic E-state index is 5.23. The summed E-state index contributed by atoms with van der Waals surface area (Å²) >= 11 is 0. The van der Waals surface area contributed by atoms with Crippen molar-refractivity contribution in [2.45, 2.75) is 26.0 Å². The Balaban J connectivity index is 2.38. The first-order chi connectivity index (χ1) is 7.77. The van der Waals surface area contributed by atoms with Gasteiger partial charge in [0.1, 0.15) is 0 Å². The van der Waals surface area contributed by atoms with Crippen molar-refractivity contribution in [2.24, 2.45) is 0 Å². The molecule has 0 aromatic carbocycles. The summed E-state index contributed by atoms with van der Waals surface area (Å²) in [7, 11) is 3.43. The van der Waals surface area contributed by atoms with Gasteiger partial charge in [-0.3, -0.25) is 0 Å². The third-order valence-corrected chi connectivity index (χ3v) is 2.38. The van der Waals surface area contributed by atoms with Crippen LogP contribution in [0.1, 0.15) is 13.3 Å². The van der Waals surface area contributed by atoms with E-state index in [9.17, 15) is 0 Å². The summed E-state index contributed by atoms with van der Waals surface area (Å²) in [5.41, 5.74) is 0. The predicted molar refractivity (Wildman–Crippen MR) is 63.7 cm³/mol. The van der Waals surface area contributed by atoms with Crippen LogP contribution in [0.4, 0.5) is 5.95 Å². The second-order valence-electron chi connectivity index (χ2n) is 3.72. The maximum absolute atomic E-state index is 5.23. The fourth-order valence-corrected chi connectivity index (χ4v) is 1.39. The molecule has 0 amide bonds. The molecule has 1 aromatic heterocycles. The molecule has 0 aliphatic rings. The molecule has 1 atom stereocenters. The molecule has 0 fully saturated rings. The molecule has 16 heavy (non-hydrogen) atoms. The highest BCUT2D eigenvalue weighted by Crippen LogP contribution is 2.06. The zero-order valence-electron chi connectivity index (χ0n) is 10.3. The summed E-state index contributed by atoms with van der Waals surface area (Å²) < 4.78 is 12.3. The minimum Gasteiger partial charge on any atom is -0.385 e. The highest BCUT2D eigenvalue weighted by molar-refractivity contribution is 5.25. The molecule has 0 spiro atoms. The van der Waals surface area contributed by atoms with E-state index in [0.717, 1.165) is 32.1 Å². The summed E-state index contributed by atoms with van der Waals surface area (Å²) in [4.78, 5) is 4.26. The van der Waals surface area contributed by atoms with Crippen molar-refractivity contribution in [1.82, 2.24) is 9.55 Å². The lowest BCUT2D eigenvalue weighted by Gasteiger charge is -2.13. The van der Waals surface area contributed by atoms with Crippen molar-refractivity contribution in [3.63, 3.8) is 0 Å². The van der Waals surface area contributed by atoms with Gasteiger partial charge >= 0.3 is 0 Å². The van der Waals surface area contributed by atoms with Crippen molar-refractivity contribution in [1.29, 1.82) is 0 Å². The Labute approximate surface area is 96.8 Å². The van der Waals surface area contributed by atoms with Crippen LogP contribution in [0.2, 0.25) is 0 Å². The first-order valence-electron chi connectivity index (χ1n) is 5.54. The lowest BCUT2D eigenvalue weighted by atomic mass is 10.4. The maximum Gasteiger partial charge on any atom is 0.202 e. The molecule has 5 nitrogen and oxygen atoms in total. The van der Waals surface area contributed by atoms with E-state index < -0.39 is 0 Å². The van der Waals surface area contributed by atoms with E-state index in [4.69, 9.17) is 9.47 Å². The van der Waals surface area contributed by atoms with Crippen LogP contribution in [0.3, 0.4) is 0 Å². The van der Waals surface area contributed by atoms with Gasteiger partial charge < -0.3 is 19.4 Å². The molecule has 0 radical (unpaired) electrons. The summed E-state index contributed by atoms with van der Waals surface area (Å²) in [5, 5.41) is 3.27. The SMILES string of the molecule is COCCCNc1nccn1CC(C)OC. The second-order valence-corrected chi connectivity index (χ2v) is 3.72. The Morgan fingerprint density at radius 2 is 2.31 bits per heavy atom. The number of anilines is 1. The van der Waals surface area contributed by atoms with Crippen LogP contribution in [0, 0.1) is 0 Å². The van der Waals surface area contributed by atoms with Crippen molar-refractivity contribution in [2.75, 3.05) is 32.7 Å². The van der Waals surface area contributed by atoms with E-state index in [2.05, 4.69) is 14.9 Å². The third kappa shape index (κ3) is 4.20. The first-order valence-corrected chi connectivity index (χ1v) is 5.54. The smallest absolute Gasteiger partial charge is 0.202 e. The van der Waals surface area contributed by atoms with E-state index in [1.807, 2.05) is 13.1 Å². The summed E-state index contributed by atoms with van der Waals surface area (Å²) in [6, 6.07) is 0. The van der Waals surface area contributed by atoms with Gasteiger partial charge in [0, 0.05) is 39.8 Å². The minimum absolute atomic E-state index is 0.189. The van der Waals surface area contributed by atoms with Crippen LogP contribution >= 0.6 is 0 Å². The molecule has 0 saturated heterocycles. The molecule has 92 valence electrons. The summed E-state index contributed by atoms with van der Waals surface area (Å²) in [6.07, 6.45) is 4.91. The molecular weight excluding hydrogens is 206 g/mol. The highest BCUT2D eigenvalue weighted by Gasteiger charge is 2.05. The first kappa shape index (κ1) is 13.0. The number of nitrogens with zero attached hydrogens (tertiary/aromatic N) is 2. The fourth-order valence-electron chi connectivity index (χ4n) is 1.39. The average molecular weight is 227 g/mol. The molecule has 1 unspecified atom stereocenters. The van der Waals surface area contributed by atoms with Gasteiger partial charge in [-0.15, -0.1) is 0 Å². The summed E-state index contributed by atoms with van der Waals surface area (Å²) in [6.45, 7) is 4.48. The van der Waals surface area contributed by atoms with E-state index in [1.54, 1.807) is 20.4 Å². The minimum atomic E-state index is 0.189. The summed E-state index contributed by atoms with van der Waals surface area (Å²) in [5.74, 6) is 0.889. The van der Waals surface area contributed by atoms with Crippen molar-refractivity contribution < 1.29 is 9.47 Å². The standard InChI is InChI=1S/C11H21N3O2/c1-10(16-3)9-14-7-6-13-11(14)12-5-4-8-15-2/h6-7,10H,4-5,8-9H2,1-3H3,(H,12,13). The van der Waals surface area contributed by atoms with Crippen LogP contribution in [0.15, 0.2) is 12.4 Å². The van der Waals surface area contributed by atoms with E-state index >= 15 is 0 Å². The Hall–Kier alpha value is -1.07. The number of aromatic nitrogens is 2. The Morgan fingerprint density at radius 1 is 1.50 bits per heavy atom. The molecule has 5 heteroatoms. The van der Waals surface area contributed by atoms with Gasteiger partial charge in [0.15, 0.2) is 0 Å². The zero-order chi connectivity index (χ0) is 11.8. The van der Waals surface area contributed by atoms with Crippen LogP contribution < -0.4 is 5.32 Å². The van der Waals surface area contributed by atoms with Gasteiger partial charge in [0.25, 0.3) is 0 Å². The number of nitrogens with one attached hydrogen (secondary N) is 1. The zero-order valence-corrected chi connectivity index (χ0v) is 10.3. The van der Waals surface area contributed by atoms with Gasteiger partial charge in [-0.25, -0.2) is 4.98 Å². The number of ether oxygens (including phenoxy) is 2. The van der Waals surface area contributed by atoms with Crippen molar-refractivity contribution in [3.8, 4) is 0 Å². The molecule has 0 bridgehead atoms. The van der Waals surface area contributed by atoms with Gasteiger partial charge in [0.05, 0.1) is 12.6 Å². The number of imidazole rings is 1. The Morgan fingerprint density at radius 3 is 3.00 bits per heavy atom. The van der Waals surface area contributed by atoms with E-state index in [0.29, 0.717) is 0 Å². The average Bonchev–Trinajstić information content (AvgIpc) is 2.72. The number of hydrogen-bond donors (Lipinski definition) is 1. The monoisotopic (exact) mass is 227 g/mol. The number of rotatable bonds is 8. The predicted octanol–water partition coefficient (Wildman–Crippen LogP) is 1.37. The molecular formula is C11H21N3O2. The van der Waals surface area contributed by atoms with Crippen LogP contribution in [0.25, 0.3) is 0 Å². The quantitative estimate of drug-likeness (QED) is 0.681. The lowest BCUT2D eigenvalue weighted by molar-refractivity contribution is 0.104. The number of methoxy groups -OCH3 is 2. The van der Waals surface area contributed by atoms with Gasteiger partial charge in [0.2, 0.25) is 5.95 Å². The van der Waals surface area contributed by atoms with E-state index in [1.165, 1.54) is 0 Å². The van der Waals surface area contributed by atoms with E-state index in [-0.39, 0.29) is 6.10 Å². The Kier molecular flexibility index (Phi) is 5.88. The fraction of sp³-hybridized carbons (Fsp3) is 0.727. The topological polar surface area (TPSA) is 48.3 Å². The third-order valence-electron chi connectivity index (χ3n) is 2.38. The molecule has 1 aromatic rings. The lowest BCUT2D eigenvalue weighted by Crippen LogP contribution is -2.17. The van der Waals surface area contributed by atoms with Crippen LogP contribution in [0.5, 0.6) is 0 Å². The highest BCUT2D eigenvalue weighted by atomic mass is 16.5. The molecule has 1 heterocycles. The normalized spacial score (nSPS) is 12.7. The van der Waals surface area contributed by atoms with Gasteiger partial charge in [-0.2, -0.15) is 0 Å².